The van der Waals surface area contributed by atoms with Crippen LogP contribution in [0.5, 0.6) is 0 Å². The second kappa shape index (κ2) is 4.33. The lowest BCUT2D eigenvalue weighted by atomic mass is 10.1. The van der Waals surface area contributed by atoms with Gasteiger partial charge in [-0.15, -0.1) is 11.3 Å². The smallest absolute Gasteiger partial charge is 0.0669 e. The van der Waals surface area contributed by atoms with Gasteiger partial charge in [0.2, 0.25) is 0 Å². The first-order valence-corrected chi connectivity index (χ1v) is 6.99. The minimum atomic E-state index is 0.500. The third-order valence-corrected chi connectivity index (χ3v) is 6.29. The number of nitrogens with zero attached hydrogens (tertiary/aromatic N) is 1. The van der Waals surface area contributed by atoms with Gasteiger partial charge in [-0.1, -0.05) is 0 Å². The summed E-state index contributed by atoms with van der Waals surface area (Å²) in [5.74, 6) is 0. The van der Waals surface area contributed by atoms with Crippen molar-refractivity contribution in [1.29, 1.82) is 5.26 Å². The van der Waals surface area contributed by atoms with Crippen LogP contribution in [-0.4, -0.2) is 0 Å². The lowest BCUT2D eigenvalue weighted by Crippen LogP contribution is -1.87. The minimum Gasteiger partial charge on any atom is -0.198 e. The van der Waals surface area contributed by atoms with Crippen LogP contribution in [0.4, 0.5) is 0 Å². The number of benzene rings is 1. The van der Waals surface area contributed by atoms with Crippen molar-refractivity contribution in [3.63, 3.8) is 0 Å². The van der Waals surface area contributed by atoms with Gasteiger partial charge < -0.3 is 0 Å². The van der Waals surface area contributed by atoms with Gasteiger partial charge in [0.25, 0.3) is 0 Å². The maximum Gasteiger partial charge on any atom is 0.0669 e. The molecule has 0 aliphatic heterocycles. The van der Waals surface area contributed by atoms with E-state index in [1.807, 2.05) is 0 Å². The molecule has 0 saturated heterocycles. The highest BCUT2D eigenvalue weighted by Crippen LogP contribution is 2.32. The first-order chi connectivity index (χ1) is 6.74. The molecule has 14 heavy (non-hydrogen) atoms. The van der Waals surface area contributed by atoms with Gasteiger partial charge >= 0.3 is 0 Å². The Labute approximate surface area is 113 Å². The zero-order valence-corrected chi connectivity index (χ0v) is 12.2. The van der Waals surface area contributed by atoms with Gasteiger partial charge in [-0.2, -0.15) is 5.26 Å². The number of hydrogen-bond acceptors (Lipinski definition) is 2. The number of halogens is 2. The average molecular weight is 425 g/mol. The van der Waals surface area contributed by atoms with Crippen LogP contribution in [0.15, 0.2) is 17.5 Å². The molecule has 0 bridgehead atoms. The summed E-state index contributed by atoms with van der Waals surface area (Å²) in [5, 5.41) is 12.1. The van der Waals surface area contributed by atoms with E-state index >= 15 is 0 Å². The predicted octanol–water partition coefficient (Wildman–Crippen LogP) is 4.18. The largest absolute Gasteiger partial charge is 0.198 e. The van der Waals surface area contributed by atoms with Crippen molar-refractivity contribution in [3.05, 3.63) is 30.2 Å². The van der Waals surface area contributed by atoms with Gasteiger partial charge in [0.1, 0.15) is 0 Å². The summed E-state index contributed by atoms with van der Waals surface area (Å²) in [4.78, 5) is 0. The molecular formula is C10H5I2NS. The van der Waals surface area contributed by atoms with E-state index in [1.165, 1.54) is 17.2 Å². The Balaban J connectivity index is 2.79. The molecule has 70 valence electrons. The number of nitriles is 1. The van der Waals surface area contributed by atoms with E-state index in [0.29, 0.717) is 6.42 Å². The maximum atomic E-state index is 8.73. The Kier molecular flexibility index (Phi) is 3.29. The molecule has 1 aromatic carbocycles. The molecule has 0 spiro atoms. The van der Waals surface area contributed by atoms with Crippen LogP contribution < -0.4 is 0 Å². The van der Waals surface area contributed by atoms with E-state index in [-0.39, 0.29) is 0 Å². The standard InChI is InChI=1S/C10H5I2NS/c11-8-5-6(1-3-13)7-2-4-14-10(7)9(8)12/h2,4-5H,1H2. The molecule has 1 nitrogen and oxygen atoms in total. The fourth-order valence-electron chi connectivity index (χ4n) is 1.37. The van der Waals surface area contributed by atoms with E-state index in [4.69, 9.17) is 5.26 Å². The molecule has 0 N–H and O–H groups in total. The molecule has 2 aromatic rings. The Hall–Kier alpha value is 0.130. The highest BCUT2D eigenvalue weighted by Gasteiger charge is 2.09. The van der Waals surface area contributed by atoms with E-state index in [2.05, 4.69) is 68.8 Å². The average Bonchev–Trinajstić information content (AvgIpc) is 2.63. The SMILES string of the molecule is N#CCc1cc(I)c(I)c2sccc12. The predicted molar refractivity (Wildman–Crippen MR) is 76.6 cm³/mol. The first-order valence-electron chi connectivity index (χ1n) is 3.95. The van der Waals surface area contributed by atoms with Crippen molar-refractivity contribution >= 4 is 66.6 Å². The molecular weight excluding hydrogens is 420 g/mol. The summed E-state index contributed by atoms with van der Waals surface area (Å²) in [6, 6.07) is 6.43. The highest BCUT2D eigenvalue weighted by molar-refractivity contribution is 14.1. The molecule has 0 saturated carbocycles. The molecule has 0 aliphatic carbocycles. The van der Waals surface area contributed by atoms with Gasteiger partial charge in [0, 0.05) is 11.8 Å². The van der Waals surface area contributed by atoms with E-state index in [0.717, 1.165) is 5.56 Å². The maximum absolute atomic E-state index is 8.73. The lowest BCUT2D eigenvalue weighted by molar-refractivity contribution is 1.28. The van der Waals surface area contributed by atoms with Crippen LogP contribution in [0.3, 0.4) is 0 Å². The Bertz CT molecular complexity index is 525. The molecule has 0 aliphatic rings. The normalized spacial score (nSPS) is 10.4. The second-order valence-electron chi connectivity index (χ2n) is 2.83. The van der Waals surface area contributed by atoms with Crippen molar-refractivity contribution in [2.75, 3.05) is 0 Å². The Morgan fingerprint density at radius 1 is 1.43 bits per heavy atom. The monoisotopic (exact) mass is 425 g/mol. The fourth-order valence-corrected chi connectivity index (χ4v) is 3.90. The van der Waals surface area contributed by atoms with Crippen molar-refractivity contribution < 1.29 is 0 Å². The molecule has 1 aromatic heterocycles. The molecule has 0 radical (unpaired) electrons. The summed E-state index contributed by atoms with van der Waals surface area (Å²) >= 11 is 6.44. The zero-order valence-electron chi connectivity index (χ0n) is 7.05. The van der Waals surface area contributed by atoms with Crippen LogP contribution in [0, 0.1) is 18.5 Å². The van der Waals surface area contributed by atoms with Crippen LogP contribution in [-0.2, 0) is 6.42 Å². The van der Waals surface area contributed by atoms with Crippen LogP contribution >= 0.6 is 56.5 Å². The first kappa shape index (κ1) is 10.6. The van der Waals surface area contributed by atoms with E-state index in [9.17, 15) is 0 Å². The zero-order chi connectivity index (χ0) is 10.1. The quantitative estimate of drug-likeness (QED) is 0.630. The fraction of sp³-hybridized carbons (Fsp3) is 0.100. The van der Waals surface area contributed by atoms with Gasteiger partial charge in [-0.25, -0.2) is 0 Å². The molecule has 0 amide bonds. The Morgan fingerprint density at radius 3 is 2.93 bits per heavy atom. The number of hydrogen-bond donors (Lipinski definition) is 0. The third-order valence-electron chi connectivity index (χ3n) is 1.99. The molecule has 2 rings (SSSR count). The van der Waals surface area contributed by atoms with Gasteiger partial charge in [0.05, 0.1) is 12.5 Å². The topological polar surface area (TPSA) is 23.8 Å². The highest BCUT2D eigenvalue weighted by atomic mass is 127. The lowest BCUT2D eigenvalue weighted by Gasteiger charge is -2.03. The number of rotatable bonds is 1. The van der Waals surface area contributed by atoms with Gasteiger partial charge in [-0.05, 0) is 73.6 Å². The van der Waals surface area contributed by atoms with Gasteiger partial charge in [0.15, 0.2) is 0 Å². The number of thiophene rings is 1. The van der Waals surface area contributed by atoms with Gasteiger partial charge in [-0.3, -0.25) is 0 Å². The van der Waals surface area contributed by atoms with Crippen molar-refractivity contribution in [3.8, 4) is 6.07 Å². The van der Waals surface area contributed by atoms with Crippen LogP contribution in [0.1, 0.15) is 5.56 Å². The summed E-state index contributed by atoms with van der Waals surface area (Å²) in [5.41, 5.74) is 1.15. The van der Waals surface area contributed by atoms with Crippen LogP contribution in [0.25, 0.3) is 10.1 Å². The molecule has 0 fully saturated rings. The second-order valence-corrected chi connectivity index (χ2v) is 5.99. The van der Waals surface area contributed by atoms with E-state index < -0.39 is 0 Å². The third kappa shape index (κ3) is 1.77. The minimum absolute atomic E-state index is 0.500. The summed E-state index contributed by atoms with van der Waals surface area (Å²) in [6.45, 7) is 0. The molecule has 1 heterocycles. The van der Waals surface area contributed by atoms with Crippen LogP contribution in [0.2, 0.25) is 0 Å². The summed E-state index contributed by atoms with van der Waals surface area (Å²) in [7, 11) is 0. The summed E-state index contributed by atoms with van der Waals surface area (Å²) < 4.78 is 3.85. The van der Waals surface area contributed by atoms with Crippen molar-refractivity contribution in [2.45, 2.75) is 6.42 Å². The van der Waals surface area contributed by atoms with Crippen molar-refractivity contribution in [2.24, 2.45) is 0 Å². The number of fused-ring (bicyclic) bond motifs is 1. The van der Waals surface area contributed by atoms with Crippen molar-refractivity contribution in [1.82, 2.24) is 0 Å². The summed E-state index contributed by atoms with van der Waals surface area (Å²) in [6.07, 6.45) is 0.500. The Morgan fingerprint density at radius 2 is 2.21 bits per heavy atom. The molecule has 0 atom stereocenters. The van der Waals surface area contributed by atoms with E-state index in [1.54, 1.807) is 11.3 Å². The molecule has 0 unspecified atom stereocenters. The molecule has 4 heteroatoms.